The van der Waals surface area contributed by atoms with E-state index in [9.17, 15) is 0 Å². The fourth-order valence-electron chi connectivity index (χ4n) is 2.64. The Hall–Kier alpha value is -1.84. The maximum Gasteiger partial charge on any atom is 0.119 e. The summed E-state index contributed by atoms with van der Waals surface area (Å²) in [6, 6.07) is 12.5. The lowest BCUT2D eigenvalue weighted by Crippen LogP contribution is -2.29. The fourth-order valence-corrected chi connectivity index (χ4v) is 2.64. The summed E-state index contributed by atoms with van der Waals surface area (Å²) >= 11 is 0. The third-order valence-corrected chi connectivity index (χ3v) is 3.53. The molecule has 2 rings (SSSR count). The van der Waals surface area contributed by atoms with Crippen molar-refractivity contribution in [2.45, 2.75) is 26.8 Å². The highest BCUT2D eigenvalue weighted by molar-refractivity contribution is 5.42. The van der Waals surface area contributed by atoms with Crippen LogP contribution in [0.15, 0.2) is 36.4 Å². The summed E-state index contributed by atoms with van der Waals surface area (Å²) in [4.78, 5) is 0. The molecule has 0 amide bonds. The van der Waals surface area contributed by atoms with E-state index in [4.69, 9.17) is 10.6 Å². The van der Waals surface area contributed by atoms with E-state index in [1.54, 1.807) is 7.11 Å². The van der Waals surface area contributed by atoms with Gasteiger partial charge < -0.3 is 4.74 Å². The van der Waals surface area contributed by atoms with Crippen LogP contribution in [0.2, 0.25) is 0 Å². The van der Waals surface area contributed by atoms with E-state index in [-0.39, 0.29) is 6.04 Å². The molecular weight excluding hydrogens is 248 g/mol. The average molecular weight is 270 g/mol. The van der Waals surface area contributed by atoms with Gasteiger partial charge in [-0.1, -0.05) is 35.4 Å². The number of nitrogens with two attached hydrogens (primary N) is 1. The van der Waals surface area contributed by atoms with Gasteiger partial charge in [0.1, 0.15) is 5.75 Å². The molecule has 3 nitrogen and oxygen atoms in total. The minimum absolute atomic E-state index is 0.0143. The van der Waals surface area contributed by atoms with E-state index in [1.165, 1.54) is 22.3 Å². The van der Waals surface area contributed by atoms with E-state index in [1.807, 2.05) is 12.1 Å². The minimum Gasteiger partial charge on any atom is -0.497 e. The van der Waals surface area contributed by atoms with Crippen molar-refractivity contribution < 1.29 is 4.74 Å². The molecule has 106 valence electrons. The molecule has 0 aliphatic carbocycles. The molecule has 0 aromatic heterocycles. The molecule has 3 N–H and O–H groups in total. The van der Waals surface area contributed by atoms with Gasteiger partial charge in [-0.25, -0.2) is 5.43 Å². The topological polar surface area (TPSA) is 47.3 Å². The second kappa shape index (κ2) is 6.07. The Balaban J connectivity index is 2.46. The Bertz CT molecular complexity index is 588. The SMILES string of the molecule is COc1ccc(C(NN)c2cc(C)cc(C)c2)c(C)c1. The van der Waals surface area contributed by atoms with Crippen LogP contribution >= 0.6 is 0 Å². The van der Waals surface area contributed by atoms with Gasteiger partial charge in [-0.05, 0) is 49.6 Å². The third-order valence-electron chi connectivity index (χ3n) is 3.53. The van der Waals surface area contributed by atoms with Crippen LogP contribution in [0.3, 0.4) is 0 Å². The zero-order valence-electron chi connectivity index (χ0n) is 12.5. The van der Waals surface area contributed by atoms with Crippen LogP contribution < -0.4 is 16.0 Å². The second-order valence-electron chi connectivity index (χ2n) is 5.24. The van der Waals surface area contributed by atoms with Crippen LogP contribution in [0.25, 0.3) is 0 Å². The summed E-state index contributed by atoms with van der Waals surface area (Å²) in [7, 11) is 1.68. The van der Waals surface area contributed by atoms with Gasteiger partial charge in [0, 0.05) is 0 Å². The largest absolute Gasteiger partial charge is 0.497 e. The molecule has 0 aliphatic rings. The summed E-state index contributed by atoms with van der Waals surface area (Å²) in [6.45, 7) is 6.28. The standard InChI is InChI=1S/C17H22N2O/c1-11-7-12(2)9-14(8-11)17(19-18)16-6-5-15(20-4)10-13(16)3/h5-10,17,19H,18H2,1-4H3. The first kappa shape index (κ1) is 14.6. The Morgan fingerprint density at radius 3 is 2.15 bits per heavy atom. The van der Waals surface area contributed by atoms with Gasteiger partial charge in [0.2, 0.25) is 0 Å². The molecular formula is C17H22N2O. The van der Waals surface area contributed by atoms with Crippen LogP contribution in [0.5, 0.6) is 5.75 Å². The number of aryl methyl sites for hydroxylation is 3. The summed E-state index contributed by atoms with van der Waals surface area (Å²) < 4.78 is 5.26. The Kier molecular flexibility index (Phi) is 4.42. The lowest BCUT2D eigenvalue weighted by molar-refractivity contribution is 0.414. The highest BCUT2D eigenvalue weighted by Gasteiger charge is 2.15. The maximum atomic E-state index is 5.80. The van der Waals surface area contributed by atoms with Crippen LogP contribution in [0.1, 0.15) is 33.9 Å². The molecule has 0 saturated heterocycles. The second-order valence-corrected chi connectivity index (χ2v) is 5.24. The van der Waals surface area contributed by atoms with E-state index in [0.29, 0.717) is 0 Å². The quantitative estimate of drug-likeness (QED) is 0.662. The summed E-state index contributed by atoms with van der Waals surface area (Å²) in [5.74, 6) is 6.66. The number of rotatable bonds is 4. The number of methoxy groups -OCH3 is 1. The molecule has 20 heavy (non-hydrogen) atoms. The molecule has 1 unspecified atom stereocenters. The zero-order chi connectivity index (χ0) is 14.7. The van der Waals surface area contributed by atoms with Crippen LogP contribution in [0, 0.1) is 20.8 Å². The van der Waals surface area contributed by atoms with Crippen molar-refractivity contribution in [1.82, 2.24) is 5.43 Å². The third kappa shape index (κ3) is 3.00. The lowest BCUT2D eigenvalue weighted by atomic mass is 9.93. The first-order valence-electron chi connectivity index (χ1n) is 6.74. The summed E-state index contributed by atoms with van der Waals surface area (Å²) in [6.07, 6.45) is 0. The monoisotopic (exact) mass is 270 g/mol. The van der Waals surface area contributed by atoms with Gasteiger partial charge >= 0.3 is 0 Å². The molecule has 0 heterocycles. The van der Waals surface area contributed by atoms with Crippen molar-refractivity contribution in [2.24, 2.45) is 5.84 Å². The van der Waals surface area contributed by atoms with E-state index in [0.717, 1.165) is 11.3 Å². The van der Waals surface area contributed by atoms with Crippen molar-refractivity contribution in [3.05, 3.63) is 64.2 Å². The number of ether oxygens (including phenoxy) is 1. The zero-order valence-corrected chi connectivity index (χ0v) is 12.5. The highest BCUT2D eigenvalue weighted by atomic mass is 16.5. The Labute approximate surface area is 120 Å². The molecule has 2 aromatic rings. The normalized spacial score (nSPS) is 12.2. The molecule has 3 heteroatoms. The number of hydrogen-bond acceptors (Lipinski definition) is 3. The predicted octanol–water partition coefficient (Wildman–Crippen LogP) is 3.17. The van der Waals surface area contributed by atoms with Crippen LogP contribution in [-0.4, -0.2) is 7.11 Å². The summed E-state index contributed by atoms with van der Waals surface area (Å²) in [5.41, 5.74) is 8.91. The first-order valence-corrected chi connectivity index (χ1v) is 6.74. The number of hydrogen-bond donors (Lipinski definition) is 2. The molecule has 0 saturated carbocycles. The molecule has 0 bridgehead atoms. The minimum atomic E-state index is -0.0143. The van der Waals surface area contributed by atoms with Crippen LogP contribution in [-0.2, 0) is 0 Å². The lowest BCUT2D eigenvalue weighted by Gasteiger charge is -2.20. The van der Waals surface area contributed by atoms with Gasteiger partial charge in [0.25, 0.3) is 0 Å². The maximum absolute atomic E-state index is 5.80. The van der Waals surface area contributed by atoms with Gasteiger partial charge in [-0.3, -0.25) is 5.84 Å². The molecule has 0 radical (unpaired) electrons. The molecule has 0 aliphatic heterocycles. The van der Waals surface area contributed by atoms with Crippen LogP contribution in [0.4, 0.5) is 0 Å². The van der Waals surface area contributed by atoms with E-state index >= 15 is 0 Å². The van der Waals surface area contributed by atoms with Gasteiger partial charge in [-0.15, -0.1) is 0 Å². The van der Waals surface area contributed by atoms with Crippen molar-refractivity contribution in [1.29, 1.82) is 0 Å². The van der Waals surface area contributed by atoms with E-state index < -0.39 is 0 Å². The predicted molar refractivity (Wildman–Crippen MR) is 82.8 cm³/mol. The smallest absolute Gasteiger partial charge is 0.119 e. The fraction of sp³-hybridized carbons (Fsp3) is 0.294. The number of nitrogens with one attached hydrogen (secondary N) is 1. The van der Waals surface area contributed by atoms with Crippen molar-refractivity contribution >= 4 is 0 Å². The summed E-state index contributed by atoms with van der Waals surface area (Å²) in [5, 5.41) is 0. The molecule has 2 aromatic carbocycles. The Morgan fingerprint density at radius 1 is 1.00 bits per heavy atom. The van der Waals surface area contributed by atoms with Crippen molar-refractivity contribution in [3.63, 3.8) is 0 Å². The van der Waals surface area contributed by atoms with Crippen molar-refractivity contribution in [3.8, 4) is 5.75 Å². The first-order chi connectivity index (χ1) is 9.55. The van der Waals surface area contributed by atoms with E-state index in [2.05, 4.69) is 50.5 Å². The van der Waals surface area contributed by atoms with Gasteiger partial charge in [0.15, 0.2) is 0 Å². The van der Waals surface area contributed by atoms with Gasteiger partial charge in [-0.2, -0.15) is 0 Å². The van der Waals surface area contributed by atoms with Crippen molar-refractivity contribution in [2.75, 3.05) is 7.11 Å². The number of hydrazine groups is 1. The van der Waals surface area contributed by atoms with Gasteiger partial charge in [0.05, 0.1) is 13.2 Å². The Morgan fingerprint density at radius 2 is 1.65 bits per heavy atom. The molecule has 0 spiro atoms. The molecule has 0 fully saturated rings. The molecule has 1 atom stereocenters. The number of benzene rings is 2. The highest BCUT2D eigenvalue weighted by Crippen LogP contribution is 2.28. The average Bonchev–Trinajstić information content (AvgIpc) is 2.40.